The average molecular weight is 329 g/mol. The molecule has 0 saturated carbocycles. The quantitative estimate of drug-likeness (QED) is 0.808. The van der Waals surface area contributed by atoms with Crippen molar-refractivity contribution in [3.05, 3.63) is 28.2 Å². The SMILES string of the molecule is CC(C)CNCc1ccc(OC(C)C(N)=O)c(Br)c1. The maximum Gasteiger partial charge on any atom is 0.258 e. The van der Waals surface area contributed by atoms with Crippen LogP contribution in [0.4, 0.5) is 0 Å². The Hall–Kier alpha value is -1.07. The second-order valence-electron chi connectivity index (χ2n) is 4.95. The average Bonchev–Trinajstić information content (AvgIpc) is 2.31. The van der Waals surface area contributed by atoms with E-state index in [9.17, 15) is 4.79 Å². The van der Waals surface area contributed by atoms with Crippen molar-refractivity contribution in [3.8, 4) is 5.75 Å². The summed E-state index contributed by atoms with van der Waals surface area (Å²) in [6, 6.07) is 5.80. The Morgan fingerprint density at radius 1 is 1.42 bits per heavy atom. The third-order valence-corrected chi connectivity index (χ3v) is 3.20. The minimum Gasteiger partial charge on any atom is -0.480 e. The van der Waals surface area contributed by atoms with E-state index in [1.165, 1.54) is 0 Å². The minimum atomic E-state index is -0.638. The van der Waals surface area contributed by atoms with Crippen LogP contribution in [0, 0.1) is 5.92 Å². The molecule has 0 aromatic heterocycles. The Labute approximate surface area is 122 Å². The molecule has 1 unspecified atom stereocenters. The van der Waals surface area contributed by atoms with Crippen LogP contribution in [0.2, 0.25) is 0 Å². The van der Waals surface area contributed by atoms with Gasteiger partial charge < -0.3 is 15.8 Å². The number of hydrogen-bond acceptors (Lipinski definition) is 3. The number of primary amides is 1. The molecule has 1 aromatic rings. The van der Waals surface area contributed by atoms with E-state index in [2.05, 4.69) is 35.1 Å². The molecular weight excluding hydrogens is 308 g/mol. The molecule has 1 amide bonds. The topological polar surface area (TPSA) is 64.3 Å². The van der Waals surface area contributed by atoms with E-state index in [4.69, 9.17) is 10.5 Å². The van der Waals surface area contributed by atoms with Gasteiger partial charge >= 0.3 is 0 Å². The van der Waals surface area contributed by atoms with E-state index < -0.39 is 12.0 Å². The van der Waals surface area contributed by atoms with Crippen molar-refractivity contribution in [2.45, 2.75) is 33.4 Å². The monoisotopic (exact) mass is 328 g/mol. The molecule has 1 aromatic carbocycles. The zero-order chi connectivity index (χ0) is 14.4. The lowest BCUT2D eigenvalue weighted by Crippen LogP contribution is -2.30. The van der Waals surface area contributed by atoms with Gasteiger partial charge in [0.15, 0.2) is 6.10 Å². The van der Waals surface area contributed by atoms with Crippen LogP contribution in [-0.2, 0) is 11.3 Å². The number of rotatable bonds is 7. The fourth-order valence-electron chi connectivity index (χ4n) is 1.50. The molecule has 106 valence electrons. The number of amides is 1. The highest BCUT2D eigenvalue weighted by Crippen LogP contribution is 2.26. The highest BCUT2D eigenvalue weighted by molar-refractivity contribution is 9.10. The molecule has 0 fully saturated rings. The van der Waals surface area contributed by atoms with Crippen LogP contribution in [-0.4, -0.2) is 18.6 Å². The van der Waals surface area contributed by atoms with Crippen LogP contribution in [0.5, 0.6) is 5.75 Å². The molecular formula is C14H21BrN2O2. The van der Waals surface area contributed by atoms with Gasteiger partial charge in [-0.15, -0.1) is 0 Å². The number of hydrogen-bond donors (Lipinski definition) is 2. The number of nitrogens with one attached hydrogen (secondary N) is 1. The predicted octanol–water partition coefficient (Wildman–Crippen LogP) is 2.45. The number of ether oxygens (including phenoxy) is 1. The smallest absolute Gasteiger partial charge is 0.258 e. The van der Waals surface area contributed by atoms with Crippen molar-refractivity contribution >= 4 is 21.8 Å². The number of halogens is 1. The molecule has 0 heterocycles. The van der Waals surface area contributed by atoms with Gasteiger partial charge in [-0.2, -0.15) is 0 Å². The lowest BCUT2D eigenvalue weighted by Gasteiger charge is -2.14. The summed E-state index contributed by atoms with van der Waals surface area (Å²) in [6.07, 6.45) is -0.638. The molecule has 0 aliphatic heterocycles. The van der Waals surface area contributed by atoms with Crippen molar-refractivity contribution in [3.63, 3.8) is 0 Å². The first-order valence-electron chi connectivity index (χ1n) is 6.35. The standard InChI is InChI=1S/C14H21BrN2O2/c1-9(2)7-17-8-11-4-5-13(12(15)6-11)19-10(3)14(16)18/h4-6,9-10,17H,7-8H2,1-3H3,(H2,16,18). The summed E-state index contributed by atoms with van der Waals surface area (Å²) in [7, 11) is 0. The summed E-state index contributed by atoms with van der Waals surface area (Å²) in [5.41, 5.74) is 6.33. The summed E-state index contributed by atoms with van der Waals surface area (Å²) >= 11 is 3.44. The van der Waals surface area contributed by atoms with Crippen LogP contribution < -0.4 is 15.8 Å². The van der Waals surface area contributed by atoms with Crippen molar-refractivity contribution < 1.29 is 9.53 Å². The first-order valence-corrected chi connectivity index (χ1v) is 7.14. The zero-order valence-electron chi connectivity index (χ0n) is 11.6. The molecule has 1 atom stereocenters. The van der Waals surface area contributed by atoms with Gasteiger partial charge in [0, 0.05) is 6.54 Å². The number of nitrogens with two attached hydrogens (primary N) is 1. The molecule has 3 N–H and O–H groups in total. The molecule has 0 aliphatic carbocycles. The minimum absolute atomic E-state index is 0.477. The molecule has 0 bridgehead atoms. The Bertz CT molecular complexity index is 435. The Morgan fingerprint density at radius 2 is 2.11 bits per heavy atom. The van der Waals surface area contributed by atoms with Crippen LogP contribution in [0.1, 0.15) is 26.3 Å². The summed E-state index contributed by atoms with van der Waals surface area (Å²) in [6.45, 7) is 7.76. The Kier molecular flexibility index (Phi) is 6.31. The van der Waals surface area contributed by atoms with Gasteiger partial charge in [-0.25, -0.2) is 0 Å². The maximum atomic E-state index is 11.0. The van der Waals surface area contributed by atoms with E-state index in [0.29, 0.717) is 11.7 Å². The molecule has 0 aliphatic rings. The summed E-state index contributed by atoms with van der Waals surface area (Å²) in [5, 5.41) is 3.37. The molecule has 5 heteroatoms. The van der Waals surface area contributed by atoms with Gasteiger partial charge in [0.05, 0.1) is 4.47 Å². The van der Waals surface area contributed by atoms with Gasteiger partial charge in [-0.3, -0.25) is 4.79 Å². The fraction of sp³-hybridized carbons (Fsp3) is 0.500. The van der Waals surface area contributed by atoms with Crippen molar-refractivity contribution in [1.29, 1.82) is 0 Å². The van der Waals surface area contributed by atoms with Crippen LogP contribution >= 0.6 is 15.9 Å². The van der Waals surface area contributed by atoms with E-state index in [0.717, 1.165) is 23.1 Å². The first-order chi connectivity index (χ1) is 8.90. The molecule has 0 radical (unpaired) electrons. The van der Waals surface area contributed by atoms with Crippen molar-refractivity contribution in [2.24, 2.45) is 11.7 Å². The highest BCUT2D eigenvalue weighted by atomic mass is 79.9. The molecule has 0 spiro atoms. The summed E-state index contributed by atoms with van der Waals surface area (Å²) < 4.78 is 6.29. The second kappa shape index (κ2) is 7.50. The molecule has 0 saturated heterocycles. The predicted molar refractivity (Wildman–Crippen MR) is 80.0 cm³/mol. The fourth-order valence-corrected chi connectivity index (χ4v) is 2.02. The van der Waals surface area contributed by atoms with Gasteiger partial charge in [0.2, 0.25) is 0 Å². The van der Waals surface area contributed by atoms with Crippen LogP contribution in [0.3, 0.4) is 0 Å². The zero-order valence-corrected chi connectivity index (χ0v) is 13.2. The second-order valence-corrected chi connectivity index (χ2v) is 5.81. The van der Waals surface area contributed by atoms with E-state index in [1.54, 1.807) is 6.92 Å². The first kappa shape index (κ1) is 16.0. The van der Waals surface area contributed by atoms with Crippen molar-refractivity contribution in [1.82, 2.24) is 5.32 Å². The summed E-state index contributed by atoms with van der Waals surface area (Å²) in [4.78, 5) is 11.0. The number of carbonyl (C=O) groups is 1. The third kappa shape index (κ3) is 5.61. The van der Waals surface area contributed by atoms with Gasteiger partial charge in [-0.05, 0) is 53.0 Å². The Morgan fingerprint density at radius 3 is 2.63 bits per heavy atom. The maximum absolute atomic E-state index is 11.0. The van der Waals surface area contributed by atoms with Crippen LogP contribution in [0.25, 0.3) is 0 Å². The van der Waals surface area contributed by atoms with Gasteiger partial charge in [0.25, 0.3) is 5.91 Å². The number of benzene rings is 1. The van der Waals surface area contributed by atoms with Gasteiger partial charge in [0.1, 0.15) is 5.75 Å². The largest absolute Gasteiger partial charge is 0.480 e. The molecule has 19 heavy (non-hydrogen) atoms. The highest BCUT2D eigenvalue weighted by Gasteiger charge is 2.12. The van der Waals surface area contributed by atoms with Crippen molar-refractivity contribution in [2.75, 3.05) is 6.54 Å². The Balaban J connectivity index is 2.61. The lowest BCUT2D eigenvalue weighted by atomic mass is 10.2. The summed E-state index contributed by atoms with van der Waals surface area (Å²) in [5.74, 6) is 0.774. The van der Waals surface area contributed by atoms with Crippen LogP contribution in [0.15, 0.2) is 22.7 Å². The van der Waals surface area contributed by atoms with E-state index in [-0.39, 0.29) is 0 Å². The number of carbonyl (C=O) groups excluding carboxylic acids is 1. The van der Waals surface area contributed by atoms with Gasteiger partial charge in [-0.1, -0.05) is 19.9 Å². The lowest BCUT2D eigenvalue weighted by molar-refractivity contribution is -0.124. The molecule has 4 nitrogen and oxygen atoms in total. The third-order valence-electron chi connectivity index (χ3n) is 2.58. The van der Waals surface area contributed by atoms with E-state index >= 15 is 0 Å². The van der Waals surface area contributed by atoms with E-state index in [1.807, 2.05) is 18.2 Å². The molecule has 1 rings (SSSR count). The normalized spacial score (nSPS) is 12.5.